The summed E-state index contributed by atoms with van der Waals surface area (Å²) in [4.78, 5) is 26.6. The molecule has 0 bridgehead atoms. The third-order valence-electron chi connectivity index (χ3n) is 6.50. The Morgan fingerprint density at radius 1 is 0.943 bits per heavy atom. The van der Waals surface area contributed by atoms with Crippen LogP contribution in [-0.2, 0) is 13.0 Å². The van der Waals surface area contributed by atoms with E-state index in [2.05, 4.69) is 39.3 Å². The largest absolute Gasteiger partial charge is 0.497 e. The van der Waals surface area contributed by atoms with Crippen LogP contribution in [0.3, 0.4) is 0 Å². The molecule has 4 aromatic rings. The molecule has 1 saturated heterocycles. The zero-order valence-electron chi connectivity index (χ0n) is 20.1. The van der Waals surface area contributed by atoms with E-state index in [1.165, 1.54) is 5.69 Å². The van der Waals surface area contributed by atoms with Crippen molar-refractivity contribution in [3.63, 3.8) is 0 Å². The maximum Gasteiger partial charge on any atom is 0.252 e. The van der Waals surface area contributed by atoms with Gasteiger partial charge in [-0.15, -0.1) is 0 Å². The predicted octanol–water partition coefficient (Wildman–Crippen LogP) is 3.54. The number of rotatable bonds is 7. The number of piperazine rings is 1. The van der Waals surface area contributed by atoms with Crippen LogP contribution in [0, 0.1) is 0 Å². The highest BCUT2D eigenvalue weighted by atomic mass is 16.5. The maximum atomic E-state index is 12.7. The van der Waals surface area contributed by atoms with Gasteiger partial charge in [0.15, 0.2) is 0 Å². The number of aromatic nitrogens is 3. The van der Waals surface area contributed by atoms with Crippen LogP contribution in [0.25, 0.3) is 11.0 Å². The number of anilines is 3. The Balaban J connectivity index is 1.33. The Morgan fingerprint density at radius 3 is 2.40 bits per heavy atom. The molecule has 0 aliphatic carbocycles. The molecule has 0 atom stereocenters. The molecule has 2 aromatic carbocycles. The molecule has 8 nitrogen and oxygen atoms in total. The Kier molecular flexibility index (Phi) is 6.63. The molecule has 0 amide bonds. The first-order valence-corrected chi connectivity index (χ1v) is 11.9. The minimum absolute atomic E-state index is 0.0767. The summed E-state index contributed by atoms with van der Waals surface area (Å²) in [6.45, 7) is 4.74. The van der Waals surface area contributed by atoms with Crippen molar-refractivity contribution in [3.8, 4) is 5.75 Å². The first kappa shape index (κ1) is 22.9. The van der Waals surface area contributed by atoms with Gasteiger partial charge in [0.25, 0.3) is 5.56 Å². The van der Waals surface area contributed by atoms with Gasteiger partial charge in [-0.05, 0) is 61.5 Å². The van der Waals surface area contributed by atoms with Crippen molar-refractivity contribution in [1.29, 1.82) is 0 Å². The van der Waals surface area contributed by atoms with Crippen molar-refractivity contribution < 1.29 is 4.74 Å². The van der Waals surface area contributed by atoms with Gasteiger partial charge in [0, 0.05) is 61.7 Å². The number of fused-ring (bicyclic) bond motifs is 1. The normalized spacial score (nSPS) is 14.3. The Labute approximate surface area is 204 Å². The summed E-state index contributed by atoms with van der Waals surface area (Å²) >= 11 is 0. The Morgan fingerprint density at radius 2 is 1.69 bits per heavy atom. The molecule has 0 saturated carbocycles. The van der Waals surface area contributed by atoms with Crippen molar-refractivity contribution >= 4 is 28.4 Å². The Bertz CT molecular complexity index is 1340. The molecule has 1 fully saturated rings. The van der Waals surface area contributed by atoms with E-state index in [-0.39, 0.29) is 5.56 Å². The van der Waals surface area contributed by atoms with Crippen LogP contribution in [0.2, 0.25) is 0 Å². The number of ether oxygens (including phenoxy) is 1. The van der Waals surface area contributed by atoms with Crippen LogP contribution in [-0.4, -0.2) is 59.8 Å². The van der Waals surface area contributed by atoms with E-state index in [0.29, 0.717) is 24.6 Å². The van der Waals surface area contributed by atoms with Crippen molar-refractivity contribution in [2.75, 3.05) is 50.6 Å². The van der Waals surface area contributed by atoms with Gasteiger partial charge in [-0.1, -0.05) is 12.1 Å². The van der Waals surface area contributed by atoms with E-state index in [1.54, 1.807) is 30.0 Å². The molecule has 0 unspecified atom stereocenters. The highest BCUT2D eigenvalue weighted by Gasteiger charge is 2.14. The zero-order chi connectivity index (χ0) is 24.2. The number of pyridine rings is 1. The third-order valence-corrected chi connectivity index (χ3v) is 6.50. The van der Waals surface area contributed by atoms with Crippen LogP contribution in [0.15, 0.2) is 71.7 Å². The maximum absolute atomic E-state index is 12.7. The van der Waals surface area contributed by atoms with Crippen molar-refractivity contribution in [3.05, 3.63) is 82.8 Å². The molecule has 35 heavy (non-hydrogen) atoms. The summed E-state index contributed by atoms with van der Waals surface area (Å²) in [5.74, 6) is 1.28. The molecule has 2 aromatic heterocycles. The van der Waals surface area contributed by atoms with Crippen LogP contribution in [0.1, 0.15) is 5.56 Å². The minimum Gasteiger partial charge on any atom is -0.497 e. The summed E-state index contributed by atoms with van der Waals surface area (Å²) in [7, 11) is 3.81. The van der Waals surface area contributed by atoms with E-state index < -0.39 is 0 Å². The molecule has 5 rings (SSSR count). The number of benzene rings is 2. The summed E-state index contributed by atoms with van der Waals surface area (Å²) < 4.78 is 6.94. The lowest BCUT2D eigenvalue weighted by molar-refractivity contribution is 0.313. The lowest BCUT2D eigenvalue weighted by atomic mass is 10.1. The van der Waals surface area contributed by atoms with Gasteiger partial charge in [-0.25, -0.2) is 4.98 Å². The van der Waals surface area contributed by atoms with Crippen molar-refractivity contribution in [2.45, 2.75) is 13.0 Å². The molecular weight excluding hydrogens is 440 g/mol. The van der Waals surface area contributed by atoms with Crippen molar-refractivity contribution in [1.82, 2.24) is 19.4 Å². The van der Waals surface area contributed by atoms with Gasteiger partial charge < -0.3 is 19.9 Å². The summed E-state index contributed by atoms with van der Waals surface area (Å²) in [5.41, 5.74) is 3.80. The molecule has 3 heterocycles. The quantitative estimate of drug-likeness (QED) is 0.443. The number of methoxy groups -OCH3 is 1. The van der Waals surface area contributed by atoms with Crippen LogP contribution in [0.4, 0.5) is 17.3 Å². The second-order valence-electron chi connectivity index (χ2n) is 8.86. The van der Waals surface area contributed by atoms with E-state index in [4.69, 9.17) is 9.72 Å². The number of aryl methyl sites for hydroxylation is 2. The summed E-state index contributed by atoms with van der Waals surface area (Å²) in [6.07, 6.45) is 2.47. The van der Waals surface area contributed by atoms with E-state index in [1.807, 2.05) is 36.4 Å². The lowest BCUT2D eigenvalue weighted by Crippen LogP contribution is -2.44. The minimum atomic E-state index is -0.0767. The second kappa shape index (κ2) is 10.1. The number of hydrogen-bond acceptors (Lipinski definition) is 7. The smallest absolute Gasteiger partial charge is 0.252 e. The zero-order valence-corrected chi connectivity index (χ0v) is 20.1. The molecule has 1 N–H and O–H groups in total. The van der Waals surface area contributed by atoms with Gasteiger partial charge >= 0.3 is 0 Å². The fourth-order valence-corrected chi connectivity index (χ4v) is 4.33. The average molecular weight is 471 g/mol. The first-order valence-electron chi connectivity index (χ1n) is 11.9. The number of hydrogen-bond donors (Lipinski definition) is 1. The number of likely N-dealkylation sites (N-methyl/N-ethyl adjacent to an activating group) is 1. The molecule has 1 aliphatic rings. The predicted molar refractivity (Wildman–Crippen MR) is 140 cm³/mol. The van der Waals surface area contributed by atoms with E-state index in [0.717, 1.165) is 48.6 Å². The lowest BCUT2D eigenvalue weighted by Gasteiger charge is -2.34. The third kappa shape index (κ3) is 5.27. The van der Waals surface area contributed by atoms with Gasteiger partial charge in [0.1, 0.15) is 11.4 Å². The SMILES string of the molecule is COc1ccc(CCn2c(=O)ccc3cnc(Nc4ccc(N5CCN(C)CC5)cc4)nc32)cc1. The van der Waals surface area contributed by atoms with E-state index >= 15 is 0 Å². The molecule has 1 aliphatic heterocycles. The summed E-state index contributed by atoms with van der Waals surface area (Å²) in [5, 5.41) is 4.12. The highest BCUT2D eigenvalue weighted by molar-refractivity contribution is 5.75. The monoisotopic (exact) mass is 470 g/mol. The second-order valence-corrected chi connectivity index (χ2v) is 8.86. The van der Waals surface area contributed by atoms with Crippen molar-refractivity contribution in [2.24, 2.45) is 0 Å². The van der Waals surface area contributed by atoms with E-state index in [9.17, 15) is 4.79 Å². The fraction of sp³-hybridized carbons (Fsp3) is 0.296. The summed E-state index contributed by atoms with van der Waals surface area (Å²) in [6, 6.07) is 19.6. The van der Waals surface area contributed by atoms with Crippen LogP contribution >= 0.6 is 0 Å². The number of nitrogens with zero attached hydrogens (tertiary/aromatic N) is 5. The fourth-order valence-electron chi connectivity index (χ4n) is 4.33. The first-order chi connectivity index (χ1) is 17.1. The highest BCUT2D eigenvalue weighted by Crippen LogP contribution is 2.22. The average Bonchev–Trinajstić information content (AvgIpc) is 2.89. The van der Waals surface area contributed by atoms with Gasteiger partial charge in [0.05, 0.1) is 7.11 Å². The van der Waals surface area contributed by atoms with Gasteiger partial charge in [-0.3, -0.25) is 9.36 Å². The Hall–Kier alpha value is -3.91. The molecule has 0 spiro atoms. The topological polar surface area (TPSA) is 75.5 Å². The van der Waals surface area contributed by atoms with Gasteiger partial charge in [-0.2, -0.15) is 4.98 Å². The number of nitrogens with one attached hydrogen (secondary N) is 1. The standard InChI is InChI=1S/C27H30N6O2/c1-31-15-17-32(18-16-31)23-8-6-22(7-9-23)29-27-28-19-21-5-12-25(34)33(26(21)30-27)14-13-20-3-10-24(35-2)11-4-20/h3-12,19H,13-18H2,1-2H3,(H,28,29,30). The van der Waals surface area contributed by atoms with Crippen LogP contribution in [0.5, 0.6) is 5.75 Å². The molecule has 8 heteroatoms. The molecule has 180 valence electrons. The van der Waals surface area contributed by atoms with Gasteiger partial charge in [0.2, 0.25) is 5.95 Å². The van der Waals surface area contributed by atoms with Crippen LogP contribution < -0.4 is 20.5 Å². The molecular formula is C27H30N6O2. The molecule has 0 radical (unpaired) electrons.